The molecule has 0 aliphatic rings. The van der Waals surface area contributed by atoms with Crippen molar-refractivity contribution in [2.45, 2.75) is 5.33 Å². The molecular weight excluding hydrogens is 316 g/mol. The number of ether oxygens (including phenoxy) is 3. The van der Waals surface area contributed by atoms with Crippen LogP contribution in [0.1, 0.15) is 5.89 Å². The third-order valence-electron chi connectivity index (χ3n) is 2.51. The van der Waals surface area contributed by atoms with Gasteiger partial charge in [0, 0.05) is 5.56 Å². The highest BCUT2D eigenvalue weighted by atomic mass is 79.9. The van der Waals surface area contributed by atoms with E-state index in [1.807, 2.05) is 0 Å². The van der Waals surface area contributed by atoms with E-state index in [2.05, 4.69) is 26.1 Å². The molecule has 0 aliphatic carbocycles. The molecule has 0 radical (unpaired) electrons. The van der Waals surface area contributed by atoms with Crippen molar-refractivity contribution in [1.82, 2.24) is 10.1 Å². The molecule has 0 aliphatic heterocycles. The fraction of sp³-hybridized carbons (Fsp3) is 0.333. The van der Waals surface area contributed by atoms with Gasteiger partial charge >= 0.3 is 0 Å². The Labute approximate surface area is 118 Å². The summed E-state index contributed by atoms with van der Waals surface area (Å²) in [5.74, 6) is 2.58. The lowest BCUT2D eigenvalue weighted by Gasteiger charge is -2.12. The first-order valence-electron chi connectivity index (χ1n) is 5.42. The van der Waals surface area contributed by atoms with Gasteiger partial charge in [0.05, 0.1) is 26.7 Å². The maximum atomic E-state index is 5.27. The largest absolute Gasteiger partial charge is 0.493 e. The van der Waals surface area contributed by atoms with E-state index in [1.54, 1.807) is 33.5 Å². The Morgan fingerprint density at radius 1 is 1.11 bits per heavy atom. The summed E-state index contributed by atoms with van der Waals surface area (Å²) in [4.78, 5) is 4.23. The van der Waals surface area contributed by atoms with Crippen molar-refractivity contribution in [3.63, 3.8) is 0 Å². The van der Waals surface area contributed by atoms with Crippen molar-refractivity contribution in [2.24, 2.45) is 0 Å². The molecule has 0 unspecified atom stereocenters. The van der Waals surface area contributed by atoms with Crippen molar-refractivity contribution in [2.75, 3.05) is 21.3 Å². The molecule has 0 N–H and O–H groups in total. The van der Waals surface area contributed by atoms with Crippen LogP contribution < -0.4 is 14.2 Å². The Morgan fingerprint density at radius 2 is 1.74 bits per heavy atom. The van der Waals surface area contributed by atoms with Gasteiger partial charge in [-0.15, -0.1) is 0 Å². The fourth-order valence-corrected chi connectivity index (χ4v) is 1.86. The molecule has 0 saturated heterocycles. The third kappa shape index (κ3) is 2.65. The molecule has 1 aromatic carbocycles. The van der Waals surface area contributed by atoms with Crippen LogP contribution in [0.4, 0.5) is 0 Å². The normalized spacial score (nSPS) is 10.3. The predicted octanol–water partition coefficient (Wildman–Crippen LogP) is 2.66. The first-order chi connectivity index (χ1) is 9.23. The molecule has 0 saturated carbocycles. The Balaban J connectivity index is 2.51. The molecule has 0 bridgehead atoms. The van der Waals surface area contributed by atoms with Crippen molar-refractivity contribution in [3.8, 4) is 28.6 Å². The second kappa shape index (κ2) is 5.92. The average Bonchev–Trinajstić information content (AvgIpc) is 2.94. The molecule has 1 aromatic heterocycles. The summed E-state index contributed by atoms with van der Waals surface area (Å²) < 4.78 is 20.9. The molecular formula is C12H13BrN2O4. The van der Waals surface area contributed by atoms with Gasteiger partial charge < -0.3 is 18.7 Å². The zero-order chi connectivity index (χ0) is 13.8. The monoisotopic (exact) mass is 328 g/mol. The standard InChI is InChI=1S/C12H13BrN2O4/c1-16-8-4-7(5-9(17-2)11(8)18-3)12-14-10(6-13)19-15-12/h4-5H,6H2,1-3H3. The van der Waals surface area contributed by atoms with Crippen molar-refractivity contribution >= 4 is 15.9 Å². The highest BCUT2D eigenvalue weighted by Crippen LogP contribution is 2.40. The molecule has 1 heterocycles. The number of hydrogen-bond donors (Lipinski definition) is 0. The van der Waals surface area contributed by atoms with Gasteiger partial charge in [0.25, 0.3) is 0 Å². The first kappa shape index (κ1) is 13.7. The summed E-state index contributed by atoms with van der Waals surface area (Å²) in [6.07, 6.45) is 0. The summed E-state index contributed by atoms with van der Waals surface area (Å²) in [7, 11) is 4.67. The minimum absolute atomic E-state index is 0.466. The molecule has 6 nitrogen and oxygen atoms in total. The van der Waals surface area contributed by atoms with Gasteiger partial charge in [0.2, 0.25) is 17.5 Å². The van der Waals surface area contributed by atoms with E-state index in [0.717, 1.165) is 5.56 Å². The van der Waals surface area contributed by atoms with E-state index in [0.29, 0.717) is 34.3 Å². The van der Waals surface area contributed by atoms with Gasteiger partial charge in [0.15, 0.2) is 11.5 Å². The first-order valence-corrected chi connectivity index (χ1v) is 6.54. The van der Waals surface area contributed by atoms with Crippen LogP contribution in [0.15, 0.2) is 16.7 Å². The molecule has 0 atom stereocenters. The molecule has 102 valence electrons. The summed E-state index contributed by atoms with van der Waals surface area (Å²) in [5.41, 5.74) is 0.727. The zero-order valence-electron chi connectivity index (χ0n) is 10.8. The third-order valence-corrected chi connectivity index (χ3v) is 2.99. The van der Waals surface area contributed by atoms with E-state index >= 15 is 0 Å². The van der Waals surface area contributed by atoms with E-state index in [9.17, 15) is 0 Å². The maximum absolute atomic E-state index is 5.27. The highest BCUT2D eigenvalue weighted by molar-refractivity contribution is 9.08. The summed E-state index contributed by atoms with van der Waals surface area (Å²) >= 11 is 3.26. The van der Waals surface area contributed by atoms with Crippen LogP contribution in [-0.4, -0.2) is 31.5 Å². The van der Waals surface area contributed by atoms with E-state index < -0.39 is 0 Å². The fourth-order valence-electron chi connectivity index (χ4n) is 1.64. The van der Waals surface area contributed by atoms with Gasteiger partial charge in [-0.25, -0.2) is 0 Å². The average molecular weight is 329 g/mol. The van der Waals surface area contributed by atoms with Crippen LogP contribution in [0.3, 0.4) is 0 Å². The second-order valence-corrected chi connectivity index (χ2v) is 4.12. The SMILES string of the molecule is COc1cc(-c2noc(CBr)n2)cc(OC)c1OC. The number of hydrogen-bond acceptors (Lipinski definition) is 6. The Kier molecular flexibility index (Phi) is 4.26. The molecule has 0 spiro atoms. The topological polar surface area (TPSA) is 66.6 Å². The van der Waals surface area contributed by atoms with Crippen LogP contribution >= 0.6 is 15.9 Å². The lowest BCUT2D eigenvalue weighted by Crippen LogP contribution is -1.96. The second-order valence-electron chi connectivity index (χ2n) is 3.56. The smallest absolute Gasteiger partial charge is 0.237 e. The number of aromatic nitrogens is 2. The Morgan fingerprint density at radius 3 is 2.16 bits per heavy atom. The summed E-state index contributed by atoms with van der Waals surface area (Å²) in [6, 6.07) is 3.54. The van der Waals surface area contributed by atoms with Crippen LogP contribution in [-0.2, 0) is 5.33 Å². The zero-order valence-corrected chi connectivity index (χ0v) is 12.4. The number of rotatable bonds is 5. The van der Waals surface area contributed by atoms with Gasteiger partial charge in [-0.1, -0.05) is 21.1 Å². The van der Waals surface area contributed by atoms with Crippen molar-refractivity contribution < 1.29 is 18.7 Å². The van der Waals surface area contributed by atoms with Crippen molar-refractivity contribution in [3.05, 3.63) is 18.0 Å². The van der Waals surface area contributed by atoms with Gasteiger partial charge in [-0.3, -0.25) is 0 Å². The van der Waals surface area contributed by atoms with Crippen LogP contribution in [0.2, 0.25) is 0 Å². The van der Waals surface area contributed by atoms with Crippen molar-refractivity contribution in [1.29, 1.82) is 0 Å². The van der Waals surface area contributed by atoms with Crippen LogP contribution in [0.5, 0.6) is 17.2 Å². The van der Waals surface area contributed by atoms with Gasteiger partial charge in [-0.05, 0) is 12.1 Å². The molecule has 0 amide bonds. The van der Waals surface area contributed by atoms with E-state index in [-0.39, 0.29) is 0 Å². The number of alkyl halides is 1. The van der Waals surface area contributed by atoms with Crippen LogP contribution in [0, 0.1) is 0 Å². The van der Waals surface area contributed by atoms with Gasteiger partial charge in [-0.2, -0.15) is 4.98 Å². The molecule has 2 aromatic rings. The molecule has 2 rings (SSSR count). The molecule has 7 heteroatoms. The van der Waals surface area contributed by atoms with Crippen LogP contribution in [0.25, 0.3) is 11.4 Å². The molecule has 19 heavy (non-hydrogen) atoms. The number of nitrogens with zero attached hydrogens (tertiary/aromatic N) is 2. The summed E-state index contributed by atoms with van der Waals surface area (Å²) in [6.45, 7) is 0. The van der Waals surface area contributed by atoms with E-state index in [4.69, 9.17) is 18.7 Å². The quantitative estimate of drug-likeness (QED) is 0.786. The number of benzene rings is 1. The maximum Gasteiger partial charge on any atom is 0.237 e. The highest BCUT2D eigenvalue weighted by Gasteiger charge is 2.16. The van der Waals surface area contributed by atoms with Gasteiger partial charge in [0.1, 0.15) is 0 Å². The number of methoxy groups -OCH3 is 3. The minimum Gasteiger partial charge on any atom is -0.493 e. The lowest BCUT2D eigenvalue weighted by molar-refractivity contribution is 0.324. The predicted molar refractivity (Wildman–Crippen MR) is 72.0 cm³/mol. The minimum atomic E-state index is 0.466. The molecule has 0 fully saturated rings. The summed E-state index contributed by atoms with van der Waals surface area (Å²) in [5, 5.41) is 4.40. The Bertz CT molecular complexity index is 546. The Hall–Kier alpha value is -1.76. The number of halogens is 1. The van der Waals surface area contributed by atoms with E-state index in [1.165, 1.54) is 0 Å². The lowest BCUT2D eigenvalue weighted by atomic mass is 10.1.